The molecule has 0 unspecified atom stereocenters. The van der Waals surface area contributed by atoms with E-state index in [4.69, 9.17) is 4.74 Å². The third-order valence-electron chi connectivity index (χ3n) is 4.07. The first-order valence-corrected chi connectivity index (χ1v) is 7.99. The quantitative estimate of drug-likeness (QED) is 0.759. The summed E-state index contributed by atoms with van der Waals surface area (Å²) in [6, 6.07) is 13.6. The zero-order chi connectivity index (χ0) is 16.9. The fraction of sp³-hybridized carbons (Fsp3) is 0.263. The van der Waals surface area contributed by atoms with Crippen molar-refractivity contribution in [3.8, 4) is 5.75 Å². The van der Waals surface area contributed by atoms with Gasteiger partial charge < -0.3 is 14.5 Å². The smallest absolute Gasteiger partial charge is 0.220 e. The Morgan fingerprint density at radius 2 is 2.00 bits per heavy atom. The van der Waals surface area contributed by atoms with Crippen LogP contribution in [-0.4, -0.2) is 22.4 Å². The Morgan fingerprint density at radius 3 is 2.75 bits per heavy atom. The maximum Gasteiger partial charge on any atom is 0.220 e. The molecule has 2 aromatic heterocycles. The van der Waals surface area contributed by atoms with E-state index in [0.29, 0.717) is 19.4 Å². The first kappa shape index (κ1) is 16.1. The van der Waals surface area contributed by atoms with Crippen molar-refractivity contribution in [3.05, 3.63) is 65.6 Å². The number of aryl methyl sites for hydroxylation is 2. The SMILES string of the molecule is COc1ccc(CNC(=O)CCc2c(C)nc3ccccn23)cc1. The molecule has 1 N–H and O–H groups in total. The molecule has 0 spiro atoms. The molecule has 0 radical (unpaired) electrons. The van der Waals surface area contributed by atoms with Crippen LogP contribution in [-0.2, 0) is 17.8 Å². The van der Waals surface area contributed by atoms with E-state index in [9.17, 15) is 4.79 Å². The van der Waals surface area contributed by atoms with Gasteiger partial charge in [0.2, 0.25) is 5.91 Å². The van der Waals surface area contributed by atoms with E-state index in [0.717, 1.165) is 28.3 Å². The van der Waals surface area contributed by atoms with Gasteiger partial charge in [0.05, 0.1) is 12.8 Å². The first-order chi connectivity index (χ1) is 11.7. The molecule has 0 saturated carbocycles. The number of nitrogens with one attached hydrogen (secondary N) is 1. The van der Waals surface area contributed by atoms with Gasteiger partial charge >= 0.3 is 0 Å². The van der Waals surface area contributed by atoms with Crippen LogP contribution in [0.4, 0.5) is 0 Å². The van der Waals surface area contributed by atoms with Crippen LogP contribution in [0.25, 0.3) is 5.65 Å². The van der Waals surface area contributed by atoms with Crippen LogP contribution in [0.5, 0.6) is 5.75 Å². The second-order valence-electron chi connectivity index (χ2n) is 5.70. The maximum absolute atomic E-state index is 12.1. The fourth-order valence-corrected chi connectivity index (χ4v) is 2.73. The molecule has 0 bridgehead atoms. The van der Waals surface area contributed by atoms with Crippen molar-refractivity contribution < 1.29 is 9.53 Å². The molecule has 1 aromatic carbocycles. The van der Waals surface area contributed by atoms with Crippen LogP contribution in [0.1, 0.15) is 23.4 Å². The lowest BCUT2D eigenvalue weighted by molar-refractivity contribution is -0.121. The summed E-state index contributed by atoms with van der Waals surface area (Å²) in [5, 5.41) is 2.96. The Morgan fingerprint density at radius 1 is 1.21 bits per heavy atom. The van der Waals surface area contributed by atoms with Gasteiger partial charge in [-0.05, 0) is 43.2 Å². The average Bonchev–Trinajstić information content (AvgIpc) is 2.93. The summed E-state index contributed by atoms with van der Waals surface area (Å²) in [7, 11) is 1.64. The van der Waals surface area contributed by atoms with Crippen LogP contribution in [0.15, 0.2) is 48.7 Å². The van der Waals surface area contributed by atoms with Crippen LogP contribution in [0.3, 0.4) is 0 Å². The Kier molecular flexibility index (Phi) is 4.79. The van der Waals surface area contributed by atoms with Gasteiger partial charge in [0.1, 0.15) is 11.4 Å². The van der Waals surface area contributed by atoms with Crippen LogP contribution < -0.4 is 10.1 Å². The molecule has 3 aromatic rings. The number of rotatable bonds is 6. The number of amides is 1. The summed E-state index contributed by atoms with van der Waals surface area (Å²) < 4.78 is 7.17. The molecule has 24 heavy (non-hydrogen) atoms. The van der Waals surface area contributed by atoms with E-state index in [1.807, 2.05) is 60.0 Å². The standard InChI is InChI=1S/C19H21N3O2/c1-14-17(22-12-4-3-5-18(22)21-14)10-11-19(23)20-13-15-6-8-16(24-2)9-7-15/h3-9,12H,10-11,13H2,1-2H3,(H,20,23). The van der Waals surface area contributed by atoms with Crippen molar-refractivity contribution in [2.75, 3.05) is 7.11 Å². The van der Waals surface area contributed by atoms with E-state index in [1.54, 1.807) is 7.11 Å². The number of pyridine rings is 1. The van der Waals surface area contributed by atoms with Gasteiger partial charge in [-0.25, -0.2) is 4.98 Å². The minimum atomic E-state index is 0.0381. The number of hydrogen-bond donors (Lipinski definition) is 1. The predicted molar refractivity (Wildman–Crippen MR) is 93.1 cm³/mol. The average molecular weight is 323 g/mol. The molecule has 0 atom stereocenters. The van der Waals surface area contributed by atoms with Gasteiger partial charge in [-0.3, -0.25) is 4.79 Å². The molecular weight excluding hydrogens is 302 g/mol. The number of aromatic nitrogens is 2. The summed E-state index contributed by atoms with van der Waals surface area (Å²) in [5.74, 6) is 0.851. The Balaban J connectivity index is 1.56. The highest BCUT2D eigenvalue weighted by molar-refractivity contribution is 5.76. The predicted octanol–water partition coefficient (Wildman–Crippen LogP) is 2.90. The first-order valence-electron chi connectivity index (χ1n) is 7.99. The Bertz CT molecular complexity index is 837. The number of benzene rings is 1. The molecule has 0 aliphatic rings. The van der Waals surface area contributed by atoms with Gasteiger partial charge in [-0.15, -0.1) is 0 Å². The molecule has 0 saturated heterocycles. The maximum atomic E-state index is 12.1. The highest BCUT2D eigenvalue weighted by Gasteiger charge is 2.10. The van der Waals surface area contributed by atoms with Crippen molar-refractivity contribution in [2.24, 2.45) is 0 Å². The van der Waals surface area contributed by atoms with Gasteiger partial charge in [0.15, 0.2) is 0 Å². The van der Waals surface area contributed by atoms with Crippen molar-refractivity contribution >= 4 is 11.6 Å². The van der Waals surface area contributed by atoms with Gasteiger partial charge in [0.25, 0.3) is 0 Å². The normalized spacial score (nSPS) is 10.8. The third kappa shape index (κ3) is 3.56. The lowest BCUT2D eigenvalue weighted by Gasteiger charge is -2.07. The Labute approximate surface area is 141 Å². The molecule has 5 nitrogen and oxygen atoms in total. The number of carbonyl (C=O) groups is 1. The van der Waals surface area contributed by atoms with Gasteiger partial charge in [-0.2, -0.15) is 0 Å². The summed E-state index contributed by atoms with van der Waals surface area (Å²) in [4.78, 5) is 16.6. The lowest BCUT2D eigenvalue weighted by Crippen LogP contribution is -2.23. The Hall–Kier alpha value is -2.82. The van der Waals surface area contributed by atoms with Gasteiger partial charge in [-0.1, -0.05) is 18.2 Å². The lowest BCUT2D eigenvalue weighted by atomic mass is 10.2. The van der Waals surface area contributed by atoms with E-state index < -0.39 is 0 Å². The second-order valence-corrected chi connectivity index (χ2v) is 5.70. The number of ether oxygens (including phenoxy) is 1. The number of carbonyl (C=O) groups excluding carboxylic acids is 1. The minimum Gasteiger partial charge on any atom is -0.497 e. The zero-order valence-electron chi connectivity index (χ0n) is 14.0. The molecular formula is C19H21N3O2. The molecule has 0 aliphatic heterocycles. The highest BCUT2D eigenvalue weighted by atomic mass is 16.5. The topological polar surface area (TPSA) is 55.6 Å². The number of fused-ring (bicyclic) bond motifs is 1. The minimum absolute atomic E-state index is 0.0381. The third-order valence-corrected chi connectivity index (χ3v) is 4.07. The summed E-state index contributed by atoms with van der Waals surface area (Å²) >= 11 is 0. The number of imidazole rings is 1. The molecule has 124 valence electrons. The van der Waals surface area contributed by atoms with Gasteiger partial charge in [0, 0.05) is 24.9 Å². The van der Waals surface area contributed by atoms with E-state index >= 15 is 0 Å². The van der Waals surface area contributed by atoms with Crippen LogP contribution >= 0.6 is 0 Å². The molecule has 5 heteroatoms. The number of hydrogen-bond acceptors (Lipinski definition) is 3. The molecule has 0 fully saturated rings. The molecule has 2 heterocycles. The van der Waals surface area contributed by atoms with E-state index in [1.165, 1.54) is 0 Å². The highest BCUT2D eigenvalue weighted by Crippen LogP contribution is 2.14. The molecule has 0 aliphatic carbocycles. The summed E-state index contributed by atoms with van der Waals surface area (Å²) in [6.07, 6.45) is 3.10. The zero-order valence-corrected chi connectivity index (χ0v) is 14.0. The van der Waals surface area contributed by atoms with Crippen molar-refractivity contribution in [1.82, 2.24) is 14.7 Å². The largest absolute Gasteiger partial charge is 0.497 e. The second kappa shape index (κ2) is 7.17. The monoisotopic (exact) mass is 323 g/mol. The number of methoxy groups -OCH3 is 1. The van der Waals surface area contributed by atoms with E-state index in [2.05, 4.69) is 10.3 Å². The van der Waals surface area contributed by atoms with E-state index in [-0.39, 0.29) is 5.91 Å². The fourth-order valence-electron chi connectivity index (χ4n) is 2.73. The van der Waals surface area contributed by atoms with Crippen molar-refractivity contribution in [1.29, 1.82) is 0 Å². The van der Waals surface area contributed by atoms with Crippen LogP contribution in [0, 0.1) is 6.92 Å². The molecule has 1 amide bonds. The summed E-state index contributed by atoms with van der Waals surface area (Å²) in [5.41, 5.74) is 4.04. The van der Waals surface area contributed by atoms with Crippen molar-refractivity contribution in [2.45, 2.75) is 26.3 Å². The van der Waals surface area contributed by atoms with Crippen molar-refractivity contribution in [3.63, 3.8) is 0 Å². The summed E-state index contributed by atoms with van der Waals surface area (Å²) in [6.45, 7) is 2.51. The number of nitrogens with zero attached hydrogens (tertiary/aromatic N) is 2. The van der Waals surface area contributed by atoms with Crippen LogP contribution in [0.2, 0.25) is 0 Å². The molecule has 3 rings (SSSR count).